The Balaban J connectivity index is 1.89. The summed E-state index contributed by atoms with van der Waals surface area (Å²) in [6, 6.07) is 15.8. The van der Waals surface area contributed by atoms with Crippen LogP contribution in [0.15, 0.2) is 58.6 Å². The summed E-state index contributed by atoms with van der Waals surface area (Å²) in [5, 5.41) is 32.0. The molecule has 0 N–H and O–H groups in total. The average molecular weight is 338 g/mol. The first-order valence-corrected chi connectivity index (χ1v) is 7.65. The second kappa shape index (κ2) is 6.89. The minimum absolute atomic E-state index is 0.145. The van der Waals surface area contributed by atoms with Crippen LogP contribution < -0.4 is 0 Å². The van der Waals surface area contributed by atoms with Gasteiger partial charge in [-0.2, -0.15) is 5.26 Å². The summed E-state index contributed by atoms with van der Waals surface area (Å²) < 4.78 is 1.57. The third-order valence-corrected chi connectivity index (χ3v) is 4.20. The van der Waals surface area contributed by atoms with E-state index >= 15 is 0 Å². The normalized spacial score (nSPS) is 10.3. The van der Waals surface area contributed by atoms with Gasteiger partial charge in [-0.3, -0.25) is 10.1 Å². The molecule has 3 rings (SSSR count). The van der Waals surface area contributed by atoms with Gasteiger partial charge in [0.25, 0.3) is 5.69 Å². The van der Waals surface area contributed by atoms with E-state index in [-0.39, 0.29) is 11.3 Å². The first-order valence-electron chi connectivity index (χ1n) is 6.84. The molecule has 0 spiro atoms. The van der Waals surface area contributed by atoms with E-state index in [9.17, 15) is 10.1 Å². The van der Waals surface area contributed by atoms with Crippen molar-refractivity contribution in [1.82, 2.24) is 20.2 Å². The van der Waals surface area contributed by atoms with Crippen molar-refractivity contribution in [2.75, 3.05) is 0 Å². The fourth-order valence-corrected chi connectivity index (χ4v) is 2.89. The second-order valence-electron chi connectivity index (χ2n) is 4.76. The van der Waals surface area contributed by atoms with E-state index in [0.29, 0.717) is 16.6 Å². The van der Waals surface area contributed by atoms with Crippen molar-refractivity contribution in [2.24, 2.45) is 0 Å². The summed E-state index contributed by atoms with van der Waals surface area (Å²) >= 11 is 1.09. The number of nitrogens with zero attached hydrogens (tertiary/aromatic N) is 6. The third-order valence-electron chi connectivity index (χ3n) is 3.16. The minimum Gasteiger partial charge on any atom is -0.258 e. The molecule has 0 unspecified atom stereocenters. The fraction of sp³-hybridized carbons (Fsp3) is 0.0667. The molecule has 0 radical (unpaired) electrons. The first-order chi connectivity index (χ1) is 11.7. The van der Waals surface area contributed by atoms with Crippen LogP contribution in [-0.2, 0) is 6.54 Å². The predicted molar refractivity (Wildman–Crippen MR) is 85.3 cm³/mol. The number of nitro groups is 1. The number of benzene rings is 2. The van der Waals surface area contributed by atoms with Gasteiger partial charge in [-0.1, -0.05) is 30.3 Å². The Morgan fingerprint density at radius 1 is 1.25 bits per heavy atom. The maximum Gasteiger partial charge on any atom is 0.284 e. The number of hydrogen-bond acceptors (Lipinski definition) is 7. The number of nitriles is 1. The zero-order chi connectivity index (χ0) is 16.9. The quantitative estimate of drug-likeness (QED) is 0.519. The molecule has 0 saturated heterocycles. The molecule has 8 nitrogen and oxygen atoms in total. The number of tetrazole rings is 1. The van der Waals surface area contributed by atoms with Gasteiger partial charge in [0.2, 0.25) is 5.16 Å². The fourth-order valence-electron chi connectivity index (χ4n) is 2.04. The van der Waals surface area contributed by atoms with E-state index in [4.69, 9.17) is 5.26 Å². The first kappa shape index (κ1) is 15.6. The lowest BCUT2D eigenvalue weighted by molar-refractivity contribution is -0.387. The molecule has 0 atom stereocenters. The van der Waals surface area contributed by atoms with Gasteiger partial charge in [0.15, 0.2) is 0 Å². The van der Waals surface area contributed by atoms with Gasteiger partial charge in [0.05, 0.1) is 28.0 Å². The Morgan fingerprint density at radius 3 is 2.75 bits per heavy atom. The Hall–Kier alpha value is -3.25. The number of hydrogen-bond donors (Lipinski definition) is 0. The van der Waals surface area contributed by atoms with Crippen molar-refractivity contribution in [3.05, 3.63) is 69.8 Å². The Morgan fingerprint density at radius 2 is 2.04 bits per heavy atom. The molecule has 0 aliphatic rings. The summed E-state index contributed by atoms with van der Waals surface area (Å²) in [4.78, 5) is 11.1. The minimum atomic E-state index is -0.519. The largest absolute Gasteiger partial charge is 0.284 e. The summed E-state index contributed by atoms with van der Waals surface area (Å²) in [6.07, 6.45) is 0. The van der Waals surface area contributed by atoms with E-state index in [1.807, 2.05) is 36.4 Å². The molecule has 1 aromatic heterocycles. The van der Waals surface area contributed by atoms with Crippen molar-refractivity contribution in [2.45, 2.75) is 16.6 Å². The zero-order valence-electron chi connectivity index (χ0n) is 12.2. The molecule has 118 valence electrons. The lowest BCUT2D eigenvalue weighted by Crippen LogP contribution is -2.03. The molecule has 0 aliphatic carbocycles. The van der Waals surface area contributed by atoms with Gasteiger partial charge < -0.3 is 0 Å². The summed E-state index contributed by atoms with van der Waals surface area (Å²) in [5.74, 6) is 0. The Bertz CT molecular complexity index is 919. The molecule has 9 heteroatoms. The standard InChI is InChI=1S/C15H10N6O2S/c16-9-12-6-7-14(13(8-12)21(22)23)24-15-17-18-19-20(15)10-11-4-2-1-3-5-11/h1-8H,10H2. The number of nitro benzene ring substituents is 1. The molecule has 1 heterocycles. The molecule has 3 aromatic rings. The SMILES string of the molecule is N#Cc1ccc(Sc2nnnn2Cc2ccccc2)c([N+](=O)[O-])c1. The summed E-state index contributed by atoms with van der Waals surface area (Å²) in [7, 11) is 0. The predicted octanol–water partition coefficient (Wildman–Crippen LogP) is 2.65. The van der Waals surface area contributed by atoms with Crippen LogP contribution in [-0.4, -0.2) is 25.1 Å². The van der Waals surface area contributed by atoms with E-state index < -0.39 is 4.92 Å². The molecule has 0 saturated carbocycles. The van der Waals surface area contributed by atoms with Gasteiger partial charge in [0, 0.05) is 6.07 Å². The van der Waals surface area contributed by atoms with Crippen molar-refractivity contribution < 1.29 is 4.92 Å². The van der Waals surface area contributed by atoms with Crippen molar-refractivity contribution in [3.8, 4) is 6.07 Å². The van der Waals surface area contributed by atoms with Crippen LogP contribution in [0.4, 0.5) is 5.69 Å². The van der Waals surface area contributed by atoms with Gasteiger partial charge in [-0.25, -0.2) is 4.68 Å². The second-order valence-corrected chi connectivity index (χ2v) is 5.77. The van der Waals surface area contributed by atoms with E-state index in [0.717, 1.165) is 17.3 Å². The van der Waals surface area contributed by atoms with Gasteiger partial charge in [-0.15, -0.1) is 5.10 Å². The van der Waals surface area contributed by atoms with Crippen molar-refractivity contribution >= 4 is 17.4 Å². The van der Waals surface area contributed by atoms with Crippen LogP contribution in [0, 0.1) is 21.4 Å². The highest BCUT2D eigenvalue weighted by Crippen LogP contribution is 2.34. The van der Waals surface area contributed by atoms with Crippen LogP contribution in [0.5, 0.6) is 0 Å². The molecule has 0 aliphatic heterocycles. The van der Waals surface area contributed by atoms with Crippen LogP contribution >= 0.6 is 11.8 Å². The van der Waals surface area contributed by atoms with E-state index in [1.165, 1.54) is 18.2 Å². The summed E-state index contributed by atoms with van der Waals surface area (Å²) in [6.45, 7) is 0.459. The molecule has 0 bridgehead atoms. The Labute approximate surface area is 140 Å². The topological polar surface area (TPSA) is 111 Å². The lowest BCUT2D eigenvalue weighted by atomic mass is 10.2. The van der Waals surface area contributed by atoms with Crippen molar-refractivity contribution in [1.29, 1.82) is 5.26 Å². The third kappa shape index (κ3) is 3.39. The molecular weight excluding hydrogens is 328 g/mol. The van der Waals surface area contributed by atoms with Crippen molar-refractivity contribution in [3.63, 3.8) is 0 Å². The smallest absolute Gasteiger partial charge is 0.258 e. The highest BCUT2D eigenvalue weighted by atomic mass is 32.2. The maximum atomic E-state index is 11.2. The van der Waals surface area contributed by atoms with Gasteiger partial charge >= 0.3 is 0 Å². The van der Waals surface area contributed by atoms with Crippen LogP contribution in [0.2, 0.25) is 0 Å². The van der Waals surface area contributed by atoms with E-state index in [1.54, 1.807) is 4.68 Å². The van der Waals surface area contributed by atoms with Crippen LogP contribution in [0.25, 0.3) is 0 Å². The highest BCUT2D eigenvalue weighted by Gasteiger charge is 2.19. The average Bonchev–Trinajstić information content (AvgIpc) is 3.03. The zero-order valence-corrected chi connectivity index (χ0v) is 13.1. The van der Waals surface area contributed by atoms with Crippen LogP contribution in [0.1, 0.15) is 11.1 Å². The van der Waals surface area contributed by atoms with Crippen LogP contribution in [0.3, 0.4) is 0 Å². The molecule has 24 heavy (non-hydrogen) atoms. The molecule has 0 amide bonds. The Kier molecular flexibility index (Phi) is 4.49. The summed E-state index contributed by atoms with van der Waals surface area (Å²) in [5.41, 5.74) is 1.10. The maximum absolute atomic E-state index is 11.2. The number of aromatic nitrogens is 4. The lowest BCUT2D eigenvalue weighted by Gasteiger charge is -2.05. The van der Waals surface area contributed by atoms with Gasteiger partial charge in [0.1, 0.15) is 0 Å². The molecule has 0 fully saturated rings. The molecule has 2 aromatic carbocycles. The number of rotatable bonds is 5. The van der Waals surface area contributed by atoms with E-state index in [2.05, 4.69) is 15.5 Å². The molecular formula is C15H10N6O2S. The van der Waals surface area contributed by atoms with Gasteiger partial charge in [-0.05, 0) is 39.9 Å². The monoisotopic (exact) mass is 338 g/mol. The highest BCUT2D eigenvalue weighted by molar-refractivity contribution is 7.99.